The molecule has 2 bridgehead atoms. The first kappa shape index (κ1) is 15.1. The highest BCUT2D eigenvalue weighted by molar-refractivity contribution is 9.10. The minimum Gasteiger partial charge on any atom is -0.335 e. The van der Waals surface area contributed by atoms with E-state index in [-0.39, 0.29) is 11.3 Å². The lowest BCUT2D eigenvalue weighted by Gasteiger charge is -2.39. The molecule has 6 heteroatoms. The summed E-state index contributed by atoms with van der Waals surface area (Å²) >= 11 is 3.38. The first-order chi connectivity index (χ1) is 10.8. The number of rotatable bonds is 1. The van der Waals surface area contributed by atoms with Crippen molar-refractivity contribution in [3.63, 3.8) is 0 Å². The molecule has 2 fully saturated rings. The van der Waals surface area contributed by atoms with E-state index in [0.717, 1.165) is 23.9 Å². The fourth-order valence-electron chi connectivity index (χ4n) is 4.85. The molecule has 1 aliphatic heterocycles. The number of halogens is 1. The number of hydrogen-bond acceptors (Lipinski definition) is 3. The van der Waals surface area contributed by atoms with Gasteiger partial charge in [-0.2, -0.15) is 5.10 Å². The Morgan fingerprint density at radius 1 is 1.30 bits per heavy atom. The van der Waals surface area contributed by atoms with Gasteiger partial charge in [-0.3, -0.25) is 4.79 Å². The van der Waals surface area contributed by atoms with Crippen LogP contribution >= 0.6 is 15.9 Å². The average Bonchev–Trinajstić information content (AvgIpc) is 2.95. The first-order valence-electron chi connectivity index (χ1n) is 8.06. The first-order valence-corrected chi connectivity index (χ1v) is 8.86. The number of nitrogens with zero attached hydrogens (tertiary/aromatic N) is 4. The Hall–Kier alpha value is -1.43. The van der Waals surface area contributed by atoms with Crippen molar-refractivity contribution in [3.8, 4) is 0 Å². The van der Waals surface area contributed by atoms with Crippen molar-refractivity contribution in [2.24, 2.45) is 10.8 Å². The van der Waals surface area contributed by atoms with Gasteiger partial charge >= 0.3 is 0 Å². The van der Waals surface area contributed by atoms with E-state index in [0.29, 0.717) is 22.7 Å². The molecule has 2 aromatic rings. The summed E-state index contributed by atoms with van der Waals surface area (Å²) in [5, 5.41) is 4.28. The van der Waals surface area contributed by atoms with Crippen LogP contribution in [0.1, 0.15) is 50.4 Å². The number of fused-ring (bicyclic) bond motifs is 3. The second-order valence-corrected chi connectivity index (χ2v) is 9.16. The van der Waals surface area contributed by atoms with Crippen LogP contribution in [0.15, 0.2) is 23.1 Å². The molecule has 3 heterocycles. The van der Waals surface area contributed by atoms with E-state index >= 15 is 0 Å². The normalized spacial score (nSPS) is 29.2. The standard InChI is InChI=1S/C17H21BrN4O/c1-16(2)4-12-5-17(3,9-16)10-21(12)15(23)13-7-20-22-8-11(18)6-19-14(13)22/h6-8,12H,4-5,9-10H2,1-3H3/t12-,17-/m0/s1. The van der Waals surface area contributed by atoms with Gasteiger partial charge in [-0.1, -0.05) is 20.8 Å². The SMILES string of the molecule is CC1(C)C[C@H]2C[C@](C)(CN2C(=O)c2cnn3cc(Br)cnc23)C1. The molecule has 1 saturated heterocycles. The van der Waals surface area contributed by atoms with E-state index in [9.17, 15) is 4.79 Å². The van der Waals surface area contributed by atoms with Crippen LogP contribution < -0.4 is 0 Å². The molecule has 122 valence electrons. The number of carbonyl (C=O) groups excluding carboxylic acids is 1. The molecular formula is C17H21BrN4O. The third-order valence-electron chi connectivity index (χ3n) is 5.23. The molecule has 0 unspecified atom stereocenters. The van der Waals surface area contributed by atoms with Crippen molar-refractivity contribution in [1.29, 1.82) is 0 Å². The van der Waals surface area contributed by atoms with Crippen LogP contribution in [0.2, 0.25) is 0 Å². The van der Waals surface area contributed by atoms with Crippen molar-refractivity contribution >= 4 is 27.5 Å². The molecule has 0 radical (unpaired) electrons. The zero-order valence-electron chi connectivity index (χ0n) is 13.7. The van der Waals surface area contributed by atoms with Gasteiger partial charge < -0.3 is 4.90 Å². The van der Waals surface area contributed by atoms with Crippen LogP contribution in [0, 0.1) is 10.8 Å². The summed E-state index contributed by atoms with van der Waals surface area (Å²) in [7, 11) is 0. The minimum absolute atomic E-state index is 0.0706. The monoisotopic (exact) mass is 376 g/mol. The molecular weight excluding hydrogens is 356 g/mol. The Labute approximate surface area is 144 Å². The quantitative estimate of drug-likeness (QED) is 0.764. The minimum atomic E-state index is 0.0706. The summed E-state index contributed by atoms with van der Waals surface area (Å²) in [5.41, 5.74) is 1.77. The fraction of sp³-hybridized carbons (Fsp3) is 0.588. The van der Waals surface area contributed by atoms with E-state index in [4.69, 9.17) is 0 Å². The zero-order valence-corrected chi connectivity index (χ0v) is 15.3. The Bertz CT molecular complexity index is 799. The van der Waals surface area contributed by atoms with Crippen molar-refractivity contribution in [2.45, 2.75) is 46.1 Å². The van der Waals surface area contributed by atoms with Crippen molar-refractivity contribution < 1.29 is 4.79 Å². The maximum Gasteiger partial charge on any atom is 0.259 e. The molecule has 23 heavy (non-hydrogen) atoms. The van der Waals surface area contributed by atoms with Gasteiger partial charge in [0.25, 0.3) is 5.91 Å². The molecule has 1 aliphatic carbocycles. The van der Waals surface area contributed by atoms with Gasteiger partial charge in [-0.25, -0.2) is 9.50 Å². The van der Waals surface area contributed by atoms with Crippen LogP contribution in [0.3, 0.4) is 0 Å². The summed E-state index contributed by atoms with van der Waals surface area (Å²) in [6.07, 6.45) is 8.55. The third-order valence-corrected chi connectivity index (χ3v) is 5.64. The van der Waals surface area contributed by atoms with E-state index in [2.05, 4.69) is 51.7 Å². The maximum atomic E-state index is 13.1. The number of amides is 1. The highest BCUT2D eigenvalue weighted by Crippen LogP contribution is 2.52. The van der Waals surface area contributed by atoms with Gasteiger partial charge in [-0.15, -0.1) is 0 Å². The summed E-state index contributed by atoms with van der Waals surface area (Å²) < 4.78 is 2.50. The highest BCUT2D eigenvalue weighted by atomic mass is 79.9. The van der Waals surface area contributed by atoms with Crippen LogP contribution in [0.4, 0.5) is 0 Å². The van der Waals surface area contributed by atoms with Gasteiger partial charge in [0.05, 0.1) is 10.7 Å². The Balaban J connectivity index is 1.69. The molecule has 2 atom stereocenters. The lowest BCUT2D eigenvalue weighted by molar-refractivity contribution is 0.0710. The van der Waals surface area contributed by atoms with Gasteiger partial charge in [0.15, 0.2) is 5.65 Å². The van der Waals surface area contributed by atoms with Gasteiger partial charge in [0.2, 0.25) is 0 Å². The van der Waals surface area contributed by atoms with Crippen LogP contribution in [0.5, 0.6) is 0 Å². The lowest BCUT2D eigenvalue weighted by atomic mass is 9.65. The van der Waals surface area contributed by atoms with Crippen LogP contribution in [-0.4, -0.2) is 38.0 Å². The molecule has 1 amide bonds. The molecule has 0 N–H and O–H groups in total. The van der Waals surface area contributed by atoms with Crippen molar-refractivity contribution in [3.05, 3.63) is 28.6 Å². The summed E-state index contributed by atoms with van der Waals surface area (Å²) in [4.78, 5) is 19.6. The summed E-state index contributed by atoms with van der Waals surface area (Å²) in [6, 6.07) is 0.335. The zero-order chi connectivity index (χ0) is 16.4. The van der Waals surface area contributed by atoms with Crippen LogP contribution in [0.25, 0.3) is 5.65 Å². The molecule has 2 aromatic heterocycles. The summed E-state index contributed by atoms with van der Waals surface area (Å²) in [5.74, 6) is 0.0706. The van der Waals surface area contributed by atoms with Gasteiger partial charge in [0.1, 0.15) is 5.56 Å². The Morgan fingerprint density at radius 2 is 2.09 bits per heavy atom. The predicted molar refractivity (Wildman–Crippen MR) is 91.3 cm³/mol. The molecule has 4 rings (SSSR count). The number of carbonyl (C=O) groups is 1. The number of likely N-dealkylation sites (tertiary alicyclic amines) is 1. The maximum absolute atomic E-state index is 13.1. The van der Waals surface area contributed by atoms with Crippen molar-refractivity contribution in [1.82, 2.24) is 19.5 Å². The molecule has 0 aromatic carbocycles. The van der Waals surface area contributed by atoms with E-state index in [1.807, 2.05) is 6.20 Å². The smallest absolute Gasteiger partial charge is 0.259 e. The third kappa shape index (κ3) is 2.47. The number of aromatic nitrogens is 3. The average molecular weight is 377 g/mol. The lowest BCUT2D eigenvalue weighted by Crippen LogP contribution is -2.37. The largest absolute Gasteiger partial charge is 0.335 e. The highest BCUT2D eigenvalue weighted by Gasteiger charge is 2.51. The summed E-state index contributed by atoms with van der Waals surface area (Å²) in [6.45, 7) is 7.80. The van der Waals surface area contributed by atoms with Crippen LogP contribution in [-0.2, 0) is 0 Å². The van der Waals surface area contributed by atoms with Crippen molar-refractivity contribution in [2.75, 3.05) is 6.54 Å². The molecule has 5 nitrogen and oxygen atoms in total. The van der Waals surface area contributed by atoms with E-state index in [1.54, 1.807) is 16.9 Å². The second kappa shape index (κ2) is 4.79. The second-order valence-electron chi connectivity index (χ2n) is 8.25. The Morgan fingerprint density at radius 3 is 2.87 bits per heavy atom. The number of hydrogen-bond donors (Lipinski definition) is 0. The fourth-order valence-corrected chi connectivity index (χ4v) is 5.15. The topological polar surface area (TPSA) is 50.5 Å². The van der Waals surface area contributed by atoms with E-state index in [1.165, 1.54) is 6.42 Å². The Kier molecular flexibility index (Phi) is 3.15. The van der Waals surface area contributed by atoms with E-state index < -0.39 is 0 Å². The predicted octanol–water partition coefficient (Wildman–Crippen LogP) is 3.53. The molecule has 1 saturated carbocycles. The molecule has 2 aliphatic rings. The van der Waals surface area contributed by atoms with Gasteiger partial charge in [0, 0.05) is 25.0 Å². The molecule has 0 spiro atoms. The van der Waals surface area contributed by atoms with Gasteiger partial charge in [-0.05, 0) is 46.0 Å².